The number of ether oxygens (including phenoxy) is 1. The van der Waals surface area contributed by atoms with E-state index in [-0.39, 0.29) is 17.9 Å². The van der Waals surface area contributed by atoms with Gasteiger partial charge in [0.25, 0.3) is 0 Å². The Morgan fingerprint density at radius 2 is 1.71 bits per heavy atom. The molecule has 2 heterocycles. The number of aliphatic imine (C=N–C) groups is 1. The lowest BCUT2D eigenvalue weighted by Gasteiger charge is -2.41. The predicted molar refractivity (Wildman–Crippen MR) is 140 cm³/mol. The van der Waals surface area contributed by atoms with Gasteiger partial charge in [-0.15, -0.1) is 0 Å². The molecule has 2 fully saturated rings. The monoisotopic (exact) mass is 529 g/mol. The summed E-state index contributed by atoms with van der Waals surface area (Å²) in [6.45, 7) is 5.77. The van der Waals surface area contributed by atoms with Crippen LogP contribution in [-0.4, -0.2) is 66.2 Å². The zero-order valence-electron chi connectivity index (χ0n) is 21.5. The van der Waals surface area contributed by atoms with E-state index in [9.17, 15) is 23.1 Å². The average molecular weight is 530 g/mol. The van der Waals surface area contributed by atoms with Gasteiger partial charge in [0.1, 0.15) is 0 Å². The van der Waals surface area contributed by atoms with Gasteiger partial charge >= 0.3 is 12.2 Å². The number of halogens is 3. The van der Waals surface area contributed by atoms with E-state index in [0.29, 0.717) is 63.5 Å². The van der Waals surface area contributed by atoms with Crippen molar-refractivity contribution in [2.24, 2.45) is 10.9 Å². The lowest BCUT2D eigenvalue weighted by Crippen LogP contribution is -2.53. The third-order valence-corrected chi connectivity index (χ3v) is 7.24. The minimum Gasteiger partial charge on any atom is -0.484 e. The molecule has 0 bridgehead atoms. The summed E-state index contributed by atoms with van der Waals surface area (Å²) in [4.78, 5) is 21.6. The first-order chi connectivity index (χ1) is 18.1. The number of alkyl halides is 3. The maximum absolute atomic E-state index is 13.5. The van der Waals surface area contributed by atoms with Crippen molar-refractivity contribution in [2.75, 3.05) is 33.3 Å². The molecule has 2 aliphatic heterocycles. The van der Waals surface area contributed by atoms with Crippen molar-refractivity contribution in [3.05, 3.63) is 83.6 Å². The highest BCUT2D eigenvalue weighted by Gasteiger charge is 2.37. The summed E-state index contributed by atoms with van der Waals surface area (Å²) in [6, 6.07) is 14.8. The number of aliphatic hydroxyl groups is 1. The van der Waals surface area contributed by atoms with Crippen molar-refractivity contribution in [2.45, 2.75) is 43.9 Å². The second kappa shape index (κ2) is 12.0. The second-order valence-corrected chi connectivity index (χ2v) is 10.0. The molecule has 38 heavy (non-hydrogen) atoms. The molecule has 2 atom stereocenters. The van der Waals surface area contributed by atoms with E-state index in [4.69, 9.17) is 4.74 Å². The highest BCUT2D eigenvalue weighted by atomic mass is 19.4. The standard InChI is InChI=1S/C29H34F3N3O3/c1-20(16-21-6-4-3-5-7-21)33-27(38-2)24-17-23(22-8-10-25(11-9-22)29(30,31)32)18-35(19-24)28(37)34-14-12-26(36)13-15-34/h3-11,23-24,26,36H,1,12-19H2,2H3. The largest absolute Gasteiger partial charge is 0.484 e. The van der Waals surface area contributed by atoms with Crippen LogP contribution in [0.5, 0.6) is 0 Å². The van der Waals surface area contributed by atoms with Gasteiger partial charge in [-0.25, -0.2) is 9.79 Å². The number of nitrogens with zero attached hydrogens (tertiary/aromatic N) is 3. The van der Waals surface area contributed by atoms with Gasteiger partial charge in [0.05, 0.1) is 24.7 Å². The number of likely N-dealkylation sites (tertiary alicyclic amines) is 2. The van der Waals surface area contributed by atoms with E-state index in [1.165, 1.54) is 19.2 Å². The molecule has 0 radical (unpaired) electrons. The Bertz CT molecular complexity index is 1130. The molecule has 0 aromatic heterocycles. The molecule has 204 valence electrons. The molecule has 2 aromatic carbocycles. The maximum Gasteiger partial charge on any atom is 0.416 e. The average Bonchev–Trinajstić information content (AvgIpc) is 2.91. The van der Waals surface area contributed by atoms with Crippen molar-refractivity contribution < 1.29 is 27.8 Å². The van der Waals surface area contributed by atoms with Crippen molar-refractivity contribution in [1.82, 2.24) is 9.80 Å². The SMILES string of the molecule is C=C(Cc1ccccc1)N=C(OC)C1CC(c2ccc(C(F)(F)F)cc2)CN(C(=O)N2CCC(O)CC2)C1. The number of hydrogen-bond donors (Lipinski definition) is 1. The van der Waals surface area contributed by atoms with Crippen LogP contribution in [0.2, 0.25) is 0 Å². The summed E-state index contributed by atoms with van der Waals surface area (Å²) >= 11 is 0. The first-order valence-corrected chi connectivity index (χ1v) is 12.9. The summed E-state index contributed by atoms with van der Waals surface area (Å²) in [7, 11) is 1.54. The maximum atomic E-state index is 13.5. The van der Waals surface area contributed by atoms with Crippen molar-refractivity contribution in [3.8, 4) is 0 Å². The van der Waals surface area contributed by atoms with Gasteiger partial charge in [-0.2, -0.15) is 13.2 Å². The first kappa shape index (κ1) is 27.7. The van der Waals surface area contributed by atoms with E-state index < -0.39 is 17.8 Å². The van der Waals surface area contributed by atoms with Crippen LogP contribution < -0.4 is 0 Å². The van der Waals surface area contributed by atoms with Crippen LogP contribution in [0.4, 0.5) is 18.0 Å². The molecule has 0 aliphatic carbocycles. The normalized spacial score (nSPS) is 21.3. The Kier molecular flexibility index (Phi) is 8.76. The molecule has 2 amide bonds. The van der Waals surface area contributed by atoms with E-state index in [0.717, 1.165) is 23.3 Å². The Morgan fingerprint density at radius 3 is 2.32 bits per heavy atom. The van der Waals surface area contributed by atoms with Gasteiger partial charge in [-0.05, 0) is 42.5 Å². The van der Waals surface area contributed by atoms with E-state index >= 15 is 0 Å². The number of carbonyl (C=O) groups is 1. The molecule has 4 rings (SSSR count). The van der Waals surface area contributed by atoms with Crippen LogP contribution in [0, 0.1) is 5.92 Å². The molecule has 0 spiro atoms. The summed E-state index contributed by atoms with van der Waals surface area (Å²) in [5.74, 6) is 0.000379. The highest BCUT2D eigenvalue weighted by Crippen LogP contribution is 2.35. The van der Waals surface area contributed by atoms with Gasteiger partial charge in [-0.1, -0.05) is 49.0 Å². The van der Waals surface area contributed by atoms with E-state index in [2.05, 4.69) is 11.6 Å². The number of rotatable bonds is 5. The number of hydrogen-bond acceptors (Lipinski definition) is 4. The van der Waals surface area contributed by atoms with E-state index in [1.807, 2.05) is 30.3 Å². The Hall–Kier alpha value is -3.33. The number of piperidine rings is 2. The predicted octanol–water partition coefficient (Wildman–Crippen LogP) is 5.49. The summed E-state index contributed by atoms with van der Waals surface area (Å²) < 4.78 is 45.1. The lowest BCUT2D eigenvalue weighted by atomic mass is 9.84. The molecule has 9 heteroatoms. The molecular formula is C29H34F3N3O3. The number of carbonyl (C=O) groups excluding carboxylic acids is 1. The molecule has 2 aliphatic rings. The summed E-state index contributed by atoms with van der Waals surface area (Å²) in [5.41, 5.74) is 1.71. The quantitative estimate of drug-likeness (QED) is 0.412. The third-order valence-electron chi connectivity index (χ3n) is 7.24. The van der Waals surface area contributed by atoms with Crippen molar-refractivity contribution in [3.63, 3.8) is 0 Å². The van der Waals surface area contributed by atoms with Crippen LogP contribution in [0.1, 0.15) is 41.9 Å². The fourth-order valence-electron chi connectivity index (χ4n) is 5.21. The number of methoxy groups -OCH3 is 1. The Morgan fingerprint density at radius 1 is 1.05 bits per heavy atom. The van der Waals surface area contributed by atoms with Crippen LogP contribution in [0.25, 0.3) is 0 Å². The molecule has 0 saturated carbocycles. The first-order valence-electron chi connectivity index (χ1n) is 12.9. The molecule has 1 N–H and O–H groups in total. The van der Waals surface area contributed by atoms with Crippen molar-refractivity contribution in [1.29, 1.82) is 0 Å². The van der Waals surface area contributed by atoms with Gasteiger partial charge in [0.15, 0.2) is 5.90 Å². The molecule has 2 saturated heterocycles. The minimum absolute atomic E-state index is 0.142. The van der Waals surface area contributed by atoms with Crippen molar-refractivity contribution >= 4 is 11.9 Å². The lowest BCUT2D eigenvalue weighted by molar-refractivity contribution is -0.137. The zero-order valence-corrected chi connectivity index (χ0v) is 21.5. The number of urea groups is 1. The fourth-order valence-corrected chi connectivity index (χ4v) is 5.21. The van der Waals surface area contributed by atoms with Crippen LogP contribution >= 0.6 is 0 Å². The van der Waals surface area contributed by atoms with Crippen LogP contribution in [0.15, 0.2) is 71.9 Å². The Balaban J connectivity index is 1.57. The van der Waals surface area contributed by atoms with E-state index in [1.54, 1.807) is 9.80 Å². The molecule has 6 nitrogen and oxygen atoms in total. The molecule has 2 unspecified atom stereocenters. The number of benzene rings is 2. The van der Waals surface area contributed by atoms with Gasteiger partial charge < -0.3 is 19.6 Å². The van der Waals surface area contributed by atoms with Gasteiger partial charge in [-0.3, -0.25) is 0 Å². The summed E-state index contributed by atoms with van der Waals surface area (Å²) in [5, 5.41) is 9.85. The van der Waals surface area contributed by atoms with Crippen LogP contribution in [-0.2, 0) is 17.3 Å². The second-order valence-electron chi connectivity index (χ2n) is 10.0. The fraction of sp³-hybridized carbons (Fsp3) is 0.448. The summed E-state index contributed by atoms with van der Waals surface area (Å²) in [6.07, 6.45) is -2.66. The van der Waals surface area contributed by atoms with Gasteiger partial charge in [0.2, 0.25) is 0 Å². The number of allylic oxidation sites excluding steroid dienone is 1. The minimum atomic E-state index is -4.41. The topological polar surface area (TPSA) is 65.4 Å². The molecular weight excluding hydrogens is 495 g/mol. The molecule has 2 aromatic rings. The Labute approximate surface area is 221 Å². The smallest absolute Gasteiger partial charge is 0.416 e. The number of amides is 2. The van der Waals surface area contributed by atoms with Crippen LogP contribution in [0.3, 0.4) is 0 Å². The zero-order chi connectivity index (χ0) is 27.3. The third kappa shape index (κ3) is 6.95. The number of aliphatic hydroxyl groups excluding tert-OH is 1. The highest BCUT2D eigenvalue weighted by molar-refractivity contribution is 5.82. The van der Waals surface area contributed by atoms with Gasteiger partial charge in [0, 0.05) is 44.2 Å².